The number of hydrogen-bond acceptors (Lipinski definition) is 3. The quantitative estimate of drug-likeness (QED) is 0.819. The second kappa shape index (κ2) is 6.44. The monoisotopic (exact) mass is 337 g/mol. The standard InChI is InChI=1S/C21H27N3O/c1-15(19-4-2-6-23-14-19)20(25)24(7-3-5-22)21-11-16-8-17(12-21)10-18(9-16)13-21/h2,4,6,14-18H,3,7-13H2,1H3/t15-,16?,17?,18?,21?/m0/s1. The van der Waals surface area contributed by atoms with Crippen LogP contribution in [0.2, 0.25) is 0 Å². The minimum atomic E-state index is -0.194. The first-order valence-corrected chi connectivity index (χ1v) is 9.69. The van der Waals surface area contributed by atoms with Crippen LogP contribution in [0.5, 0.6) is 0 Å². The Hall–Kier alpha value is -1.89. The van der Waals surface area contributed by atoms with E-state index in [2.05, 4.69) is 16.0 Å². The fourth-order valence-electron chi connectivity index (χ4n) is 6.15. The molecule has 132 valence electrons. The maximum atomic E-state index is 13.5. The van der Waals surface area contributed by atoms with Gasteiger partial charge in [-0.15, -0.1) is 0 Å². The molecule has 4 nitrogen and oxygen atoms in total. The highest BCUT2D eigenvalue weighted by Gasteiger charge is 2.54. The lowest BCUT2D eigenvalue weighted by atomic mass is 9.52. The summed E-state index contributed by atoms with van der Waals surface area (Å²) in [4.78, 5) is 19.8. The van der Waals surface area contributed by atoms with Crippen LogP contribution < -0.4 is 0 Å². The van der Waals surface area contributed by atoms with E-state index in [-0.39, 0.29) is 17.4 Å². The Balaban J connectivity index is 1.62. The van der Waals surface area contributed by atoms with E-state index in [1.54, 1.807) is 12.4 Å². The van der Waals surface area contributed by atoms with E-state index in [0.29, 0.717) is 13.0 Å². The molecule has 25 heavy (non-hydrogen) atoms. The van der Waals surface area contributed by atoms with Gasteiger partial charge < -0.3 is 4.90 Å². The number of rotatable bonds is 5. The number of amides is 1. The van der Waals surface area contributed by atoms with Crippen molar-refractivity contribution in [3.63, 3.8) is 0 Å². The van der Waals surface area contributed by atoms with Crippen molar-refractivity contribution in [2.24, 2.45) is 17.8 Å². The predicted octanol–water partition coefficient (Wildman–Crippen LogP) is 3.90. The molecule has 4 heteroatoms. The summed E-state index contributed by atoms with van der Waals surface area (Å²) in [6, 6.07) is 6.13. The lowest BCUT2D eigenvalue weighted by Crippen LogP contribution is -2.62. The molecular weight excluding hydrogens is 310 g/mol. The molecule has 0 spiro atoms. The molecule has 1 amide bonds. The van der Waals surface area contributed by atoms with E-state index in [0.717, 1.165) is 42.6 Å². The number of carbonyl (C=O) groups is 1. The second-order valence-electron chi connectivity index (χ2n) is 8.55. The van der Waals surface area contributed by atoms with Crippen LogP contribution in [0.25, 0.3) is 0 Å². The van der Waals surface area contributed by atoms with Gasteiger partial charge in [0.1, 0.15) is 0 Å². The summed E-state index contributed by atoms with van der Waals surface area (Å²) in [6.45, 7) is 2.56. The van der Waals surface area contributed by atoms with E-state index in [9.17, 15) is 4.79 Å². The number of carbonyl (C=O) groups excluding carboxylic acids is 1. The van der Waals surface area contributed by atoms with Crippen molar-refractivity contribution in [3.05, 3.63) is 30.1 Å². The first-order valence-electron chi connectivity index (χ1n) is 9.69. The third-order valence-electron chi connectivity index (χ3n) is 6.85. The molecule has 0 aliphatic heterocycles. The van der Waals surface area contributed by atoms with Gasteiger partial charge in [0.05, 0.1) is 18.4 Å². The molecule has 0 unspecified atom stereocenters. The lowest BCUT2D eigenvalue weighted by molar-refractivity contribution is -0.152. The summed E-state index contributed by atoms with van der Waals surface area (Å²) in [5.74, 6) is 2.36. The minimum Gasteiger partial charge on any atom is -0.335 e. The van der Waals surface area contributed by atoms with Gasteiger partial charge in [0.25, 0.3) is 0 Å². The van der Waals surface area contributed by atoms with Crippen LogP contribution in [0.15, 0.2) is 24.5 Å². The molecule has 1 aromatic rings. The summed E-state index contributed by atoms with van der Waals surface area (Å²) in [6.07, 6.45) is 11.5. The van der Waals surface area contributed by atoms with Crippen LogP contribution in [0.3, 0.4) is 0 Å². The summed E-state index contributed by atoms with van der Waals surface area (Å²) >= 11 is 0. The summed E-state index contributed by atoms with van der Waals surface area (Å²) in [5, 5.41) is 9.14. The molecule has 1 aromatic heterocycles. The van der Waals surface area contributed by atoms with Crippen molar-refractivity contribution in [1.82, 2.24) is 9.88 Å². The van der Waals surface area contributed by atoms with Crippen molar-refractivity contribution in [1.29, 1.82) is 5.26 Å². The fourth-order valence-corrected chi connectivity index (χ4v) is 6.15. The van der Waals surface area contributed by atoms with Gasteiger partial charge in [0, 0.05) is 24.5 Å². The maximum absolute atomic E-state index is 13.5. The van der Waals surface area contributed by atoms with E-state index < -0.39 is 0 Å². The van der Waals surface area contributed by atoms with E-state index in [1.807, 2.05) is 19.1 Å². The summed E-state index contributed by atoms with van der Waals surface area (Å²) in [5.41, 5.74) is 0.985. The molecule has 0 N–H and O–H groups in total. The van der Waals surface area contributed by atoms with Crippen LogP contribution in [-0.2, 0) is 4.79 Å². The molecule has 1 atom stereocenters. The number of nitriles is 1. The van der Waals surface area contributed by atoms with Crippen LogP contribution in [0.4, 0.5) is 0 Å². The van der Waals surface area contributed by atoms with Crippen LogP contribution >= 0.6 is 0 Å². The zero-order valence-corrected chi connectivity index (χ0v) is 15.0. The normalized spacial score (nSPS) is 33.7. The highest BCUT2D eigenvalue weighted by molar-refractivity contribution is 5.84. The molecule has 4 saturated carbocycles. The number of nitrogens with zero attached hydrogens (tertiary/aromatic N) is 3. The molecule has 4 aliphatic carbocycles. The second-order valence-corrected chi connectivity index (χ2v) is 8.55. The first kappa shape index (κ1) is 16.6. The molecule has 4 aliphatic rings. The van der Waals surface area contributed by atoms with E-state index in [4.69, 9.17) is 5.26 Å². The fraction of sp³-hybridized carbons (Fsp3) is 0.667. The van der Waals surface area contributed by atoms with Gasteiger partial charge in [-0.05, 0) is 74.8 Å². The van der Waals surface area contributed by atoms with Gasteiger partial charge in [-0.3, -0.25) is 9.78 Å². The minimum absolute atomic E-state index is 0.0130. The molecular formula is C21H27N3O. The highest BCUT2D eigenvalue weighted by atomic mass is 16.2. The Kier molecular flexibility index (Phi) is 4.27. The van der Waals surface area contributed by atoms with Gasteiger partial charge in [-0.1, -0.05) is 6.07 Å². The van der Waals surface area contributed by atoms with Gasteiger partial charge >= 0.3 is 0 Å². The number of aromatic nitrogens is 1. The topological polar surface area (TPSA) is 57.0 Å². The van der Waals surface area contributed by atoms with E-state index >= 15 is 0 Å². The van der Waals surface area contributed by atoms with Crippen LogP contribution in [0.1, 0.15) is 63.4 Å². The van der Waals surface area contributed by atoms with Gasteiger partial charge in [-0.25, -0.2) is 0 Å². The Morgan fingerprint density at radius 1 is 1.32 bits per heavy atom. The average molecular weight is 337 g/mol. The Bertz CT molecular complexity index is 643. The molecule has 4 fully saturated rings. The van der Waals surface area contributed by atoms with Gasteiger partial charge in [0.2, 0.25) is 5.91 Å². The number of hydrogen-bond donors (Lipinski definition) is 0. The van der Waals surface area contributed by atoms with Gasteiger partial charge in [0.15, 0.2) is 0 Å². The van der Waals surface area contributed by atoms with Crippen LogP contribution in [0, 0.1) is 29.1 Å². The molecule has 1 heterocycles. The van der Waals surface area contributed by atoms with Crippen molar-refractivity contribution in [2.75, 3.05) is 6.54 Å². The third kappa shape index (κ3) is 2.94. The Labute approximate surface area is 150 Å². The zero-order valence-electron chi connectivity index (χ0n) is 15.0. The molecule has 5 rings (SSSR count). The largest absolute Gasteiger partial charge is 0.335 e. The van der Waals surface area contributed by atoms with Crippen LogP contribution in [-0.4, -0.2) is 27.9 Å². The van der Waals surface area contributed by atoms with Gasteiger partial charge in [-0.2, -0.15) is 5.26 Å². The Morgan fingerprint density at radius 2 is 1.96 bits per heavy atom. The number of pyridine rings is 1. The van der Waals surface area contributed by atoms with Crippen molar-refractivity contribution >= 4 is 5.91 Å². The zero-order chi connectivity index (χ0) is 17.4. The SMILES string of the molecule is C[C@H](C(=O)N(CCC#N)C12CC3CC(CC(C3)C1)C2)c1cccnc1. The predicted molar refractivity (Wildman–Crippen MR) is 95.5 cm³/mol. The summed E-state index contributed by atoms with van der Waals surface area (Å²) in [7, 11) is 0. The van der Waals surface area contributed by atoms with Crippen molar-refractivity contribution in [3.8, 4) is 6.07 Å². The van der Waals surface area contributed by atoms with E-state index in [1.165, 1.54) is 19.3 Å². The highest BCUT2D eigenvalue weighted by Crippen LogP contribution is 2.58. The molecule has 0 radical (unpaired) electrons. The Morgan fingerprint density at radius 3 is 2.48 bits per heavy atom. The smallest absolute Gasteiger partial charge is 0.230 e. The lowest BCUT2D eigenvalue weighted by Gasteiger charge is -2.60. The maximum Gasteiger partial charge on any atom is 0.230 e. The first-order chi connectivity index (χ1) is 12.1. The molecule has 4 bridgehead atoms. The average Bonchev–Trinajstić information content (AvgIpc) is 2.60. The molecule has 0 saturated heterocycles. The van der Waals surface area contributed by atoms with Crippen molar-refractivity contribution in [2.45, 2.75) is 63.3 Å². The summed E-state index contributed by atoms with van der Waals surface area (Å²) < 4.78 is 0. The molecule has 0 aromatic carbocycles. The van der Waals surface area contributed by atoms with Crippen molar-refractivity contribution < 1.29 is 4.79 Å². The third-order valence-corrected chi connectivity index (χ3v) is 6.85.